The zero-order chi connectivity index (χ0) is 16.0. The maximum atomic E-state index is 12.7. The molecule has 2 heteroatoms. The predicted molar refractivity (Wildman–Crippen MR) is 88.5 cm³/mol. The fourth-order valence-corrected chi connectivity index (χ4v) is 3.14. The van der Waals surface area contributed by atoms with Crippen molar-refractivity contribution in [1.82, 2.24) is 0 Å². The molecule has 3 rings (SSSR count). The maximum absolute atomic E-state index is 12.7. The van der Waals surface area contributed by atoms with Crippen molar-refractivity contribution in [3.05, 3.63) is 69.3 Å². The number of ketones is 1. The summed E-state index contributed by atoms with van der Waals surface area (Å²) in [7, 11) is 0. The molecule has 0 spiro atoms. The normalized spacial score (nSPS) is 20.0. The quantitative estimate of drug-likeness (QED) is 0.614. The maximum Gasteiger partial charge on any atom is 0.195 e. The predicted octanol–water partition coefficient (Wildman–Crippen LogP) is 4.55. The van der Waals surface area contributed by atoms with E-state index in [9.17, 15) is 4.79 Å². The van der Waals surface area contributed by atoms with Gasteiger partial charge in [0.2, 0.25) is 0 Å². The van der Waals surface area contributed by atoms with Gasteiger partial charge in [0.15, 0.2) is 11.9 Å². The van der Waals surface area contributed by atoms with Gasteiger partial charge in [-0.2, -0.15) is 0 Å². The number of ether oxygens (including phenoxy) is 1. The molecule has 0 radical (unpaired) electrons. The summed E-state index contributed by atoms with van der Waals surface area (Å²) < 4.78 is 5.73. The number of epoxide rings is 1. The van der Waals surface area contributed by atoms with Gasteiger partial charge in [-0.3, -0.25) is 4.79 Å². The van der Waals surface area contributed by atoms with E-state index >= 15 is 0 Å². The van der Waals surface area contributed by atoms with E-state index in [1.807, 2.05) is 32.0 Å². The number of aryl methyl sites for hydroxylation is 4. The molecule has 0 aromatic heterocycles. The fourth-order valence-electron chi connectivity index (χ4n) is 3.14. The smallest absolute Gasteiger partial charge is 0.195 e. The average molecular weight is 294 g/mol. The molecule has 1 fully saturated rings. The lowest BCUT2D eigenvalue weighted by atomic mass is 9.93. The highest BCUT2D eigenvalue weighted by molar-refractivity contribution is 6.03. The van der Waals surface area contributed by atoms with E-state index in [0.29, 0.717) is 0 Å². The molecule has 0 saturated carbocycles. The van der Waals surface area contributed by atoms with Gasteiger partial charge in [0.05, 0.1) is 0 Å². The Morgan fingerprint density at radius 3 is 2.00 bits per heavy atom. The van der Waals surface area contributed by atoms with Crippen LogP contribution in [0.3, 0.4) is 0 Å². The molecule has 22 heavy (non-hydrogen) atoms. The van der Waals surface area contributed by atoms with Gasteiger partial charge < -0.3 is 4.74 Å². The van der Waals surface area contributed by atoms with Crippen molar-refractivity contribution in [3.63, 3.8) is 0 Å². The minimum atomic E-state index is -0.332. The third kappa shape index (κ3) is 2.48. The lowest BCUT2D eigenvalue weighted by Gasteiger charge is -2.08. The van der Waals surface area contributed by atoms with E-state index in [-0.39, 0.29) is 18.0 Å². The minimum Gasteiger partial charge on any atom is -0.356 e. The SMILES string of the molecule is Cc1cc(C2OC2C(=O)c2c(C)cccc2C)cc(C)c1C. The van der Waals surface area contributed by atoms with Crippen molar-refractivity contribution in [2.75, 3.05) is 0 Å². The minimum absolute atomic E-state index is 0.0930. The summed E-state index contributed by atoms with van der Waals surface area (Å²) in [5.41, 5.74) is 7.79. The van der Waals surface area contributed by atoms with Crippen molar-refractivity contribution < 1.29 is 9.53 Å². The first kappa shape index (κ1) is 15.0. The Morgan fingerprint density at radius 1 is 0.909 bits per heavy atom. The average Bonchev–Trinajstić information content (AvgIpc) is 3.24. The molecular formula is C20H22O2. The van der Waals surface area contributed by atoms with Crippen molar-refractivity contribution in [1.29, 1.82) is 0 Å². The van der Waals surface area contributed by atoms with Gasteiger partial charge in [0, 0.05) is 5.56 Å². The molecule has 1 heterocycles. The van der Waals surface area contributed by atoms with Gasteiger partial charge in [-0.15, -0.1) is 0 Å². The molecule has 0 bridgehead atoms. The number of carbonyl (C=O) groups excluding carboxylic acids is 1. The number of benzene rings is 2. The van der Waals surface area contributed by atoms with E-state index in [4.69, 9.17) is 4.74 Å². The number of hydrogen-bond donors (Lipinski definition) is 0. The van der Waals surface area contributed by atoms with Crippen LogP contribution in [0.5, 0.6) is 0 Å². The Kier molecular flexibility index (Phi) is 3.65. The Bertz CT molecular complexity index is 715. The van der Waals surface area contributed by atoms with Crippen LogP contribution in [0.1, 0.15) is 49.8 Å². The van der Waals surface area contributed by atoms with Crippen LogP contribution in [0.2, 0.25) is 0 Å². The Balaban J connectivity index is 1.87. The topological polar surface area (TPSA) is 29.6 Å². The second-order valence-electron chi connectivity index (χ2n) is 6.39. The number of rotatable bonds is 3. The highest BCUT2D eigenvalue weighted by Gasteiger charge is 2.47. The van der Waals surface area contributed by atoms with Crippen LogP contribution in [0.15, 0.2) is 30.3 Å². The molecule has 2 aromatic carbocycles. The first-order valence-electron chi connectivity index (χ1n) is 7.73. The van der Waals surface area contributed by atoms with E-state index in [2.05, 4.69) is 32.9 Å². The second kappa shape index (κ2) is 5.36. The van der Waals surface area contributed by atoms with Gasteiger partial charge in [0.1, 0.15) is 6.10 Å². The Labute approximate surface area is 132 Å². The first-order chi connectivity index (χ1) is 10.4. The monoisotopic (exact) mass is 294 g/mol. The van der Waals surface area contributed by atoms with Gasteiger partial charge in [0.25, 0.3) is 0 Å². The van der Waals surface area contributed by atoms with Crippen molar-refractivity contribution >= 4 is 5.78 Å². The highest BCUT2D eigenvalue weighted by Crippen LogP contribution is 2.42. The van der Waals surface area contributed by atoms with Crippen LogP contribution in [0.25, 0.3) is 0 Å². The van der Waals surface area contributed by atoms with Crippen LogP contribution in [0.4, 0.5) is 0 Å². The lowest BCUT2D eigenvalue weighted by molar-refractivity contribution is 0.0952. The number of carbonyl (C=O) groups is 1. The summed E-state index contributed by atoms with van der Waals surface area (Å²) >= 11 is 0. The summed E-state index contributed by atoms with van der Waals surface area (Å²) in [6.45, 7) is 10.3. The summed E-state index contributed by atoms with van der Waals surface area (Å²) in [6.07, 6.45) is -0.425. The van der Waals surface area contributed by atoms with E-state index in [1.54, 1.807) is 0 Å². The number of Topliss-reactive ketones (excluding diaryl/α,β-unsaturated/α-hetero) is 1. The van der Waals surface area contributed by atoms with Crippen molar-refractivity contribution in [2.45, 2.75) is 46.8 Å². The standard InChI is InChI=1S/C20H22O2/c1-11-7-6-8-12(2)17(11)18(21)20-19(22-20)16-9-13(3)15(5)14(4)10-16/h6-10,19-20H,1-5H3. The summed E-state index contributed by atoms with van der Waals surface area (Å²) in [4.78, 5) is 12.7. The van der Waals surface area contributed by atoms with E-state index < -0.39 is 0 Å². The van der Waals surface area contributed by atoms with Crippen molar-refractivity contribution in [2.24, 2.45) is 0 Å². The largest absolute Gasteiger partial charge is 0.356 e. The van der Waals surface area contributed by atoms with Crippen LogP contribution in [0, 0.1) is 34.6 Å². The molecule has 0 N–H and O–H groups in total. The van der Waals surface area contributed by atoms with Crippen LogP contribution < -0.4 is 0 Å². The third-order valence-corrected chi connectivity index (χ3v) is 4.76. The zero-order valence-electron chi connectivity index (χ0n) is 13.9. The highest BCUT2D eigenvalue weighted by atomic mass is 16.6. The fraction of sp³-hybridized carbons (Fsp3) is 0.350. The summed E-state index contributed by atoms with van der Waals surface area (Å²) in [5, 5.41) is 0. The molecule has 1 aliphatic heterocycles. The van der Waals surface area contributed by atoms with Gasteiger partial charge in [-0.05, 0) is 68.0 Å². The summed E-state index contributed by atoms with van der Waals surface area (Å²) in [6, 6.07) is 10.2. The van der Waals surface area contributed by atoms with Gasteiger partial charge in [-0.1, -0.05) is 30.3 Å². The van der Waals surface area contributed by atoms with Crippen LogP contribution >= 0.6 is 0 Å². The van der Waals surface area contributed by atoms with Crippen LogP contribution in [-0.2, 0) is 4.74 Å². The molecule has 114 valence electrons. The molecule has 0 amide bonds. The van der Waals surface area contributed by atoms with Crippen LogP contribution in [-0.4, -0.2) is 11.9 Å². The van der Waals surface area contributed by atoms with E-state index in [0.717, 1.165) is 22.3 Å². The van der Waals surface area contributed by atoms with Crippen molar-refractivity contribution in [3.8, 4) is 0 Å². The first-order valence-corrected chi connectivity index (χ1v) is 7.73. The molecule has 0 aliphatic carbocycles. The van der Waals surface area contributed by atoms with E-state index in [1.165, 1.54) is 16.7 Å². The molecule has 1 aliphatic rings. The molecule has 2 unspecified atom stereocenters. The lowest BCUT2D eigenvalue weighted by Crippen LogP contribution is -2.12. The number of hydrogen-bond acceptors (Lipinski definition) is 2. The molecule has 2 aromatic rings. The van der Waals surface area contributed by atoms with Gasteiger partial charge >= 0.3 is 0 Å². The summed E-state index contributed by atoms with van der Waals surface area (Å²) in [5.74, 6) is 0.108. The molecule has 1 saturated heterocycles. The second-order valence-corrected chi connectivity index (χ2v) is 6.39. The zero-order valence-corrected chi connectivity index (χ0v) is 13.9. The third-order valence-electron chi connectivity index (χ3n) is 4.76. The molecule has 2 atom stereocenters. The Morgan fingerprint density at radius 2 is 1.45 bits per heavy atom. The molecular weight excluding hydrogens is 272 g/mol. The molecule has 2 nitrogen and oxygen atoms in total. The Hall–Kier alpha value is -1.93. The van der Waals surface area contributed by atoms with Gasteiger partial charge in [-0.25, -0.2) is 0 Å².